The van der Waals surface area contributed by atoms with E-state index in [2.05, 4.69) is 39.1 Å². The van der Waals surface area contributed by atoms with Crippen molar-refractivity contribution in [2.24, 2.45) is 0 Å². The van der Waals surface area contributed by atoms with Gasteiger partial charge in [0, 0.05) is 31.7 Å². The van der Waals surface area contributed by atoms with Crippen molar-refractivity contribution in [1.29, 1.82) is 10.5 Å². The van der Waals surface area contributed by atoms with Crippen LogP contribution in [0.25, 0.3) is 6.08 Å². The summed E-state index contributed by atoms with van der Waals surface area (Å²) in [6.07, 6.45) is 7.65. The van der Waals surface area contributed by atoms with Crippen LogP contribution in [0.5, 0.6) is 0 Å². The predicted octanol–water partition coefficient (Wildman–Crippen LogP) is 3.33. The minimum Gasteiger partial charge on any atom is -0.353 e. The van der Waals surface area contributed by atoms with Gasteiger partial charge in [-0.1, -0.05) is 24.3 Å². The second kappa shape index (κ2) is 7.80. The number of rotatable bonds is 3. The topological polar surface area (TPSA) is 67.0 Å². The Hall–Kier alpha value is -3.22. The molecule has 6 heteroatoms. The van der Waals surface area contributed by atoms with Gasteiger partial charge < -0.3 is 4.90 Å². The number of fused-ring (bicyclic) bond motifs is 1. The van der Waals surface area contributed by atoms with Crippen LogP contribution in [0.2, 0.25) is 0 Å². The highest BCUT2D eigenvalue weighted by molar-refractivity contribution is 5.55. The van der Waals surface area contributed by atoms with E-state index < -0.39 is 5.82 Å². The van der Waals surface area contributed by atoms with Crippen LogP contribution in [0.15, 0.2) is 42.6 Å². The summed E-state index contributed by atoms with van der Waals surface area (Å²) in [7, 11) is 0. The van der Waals surface area contributed by atoms with Crippen LogP contribution >= 0.6 is 0 Å². The van der Waals surface area contributed by atoms with E-state index in [9.17, 15) is 9.65 Å². The first-order valence-corrected chi connectivity index (χ1v) is 9.42. The van der Waals surface area contributed by atoms with Gasteiger partial charge >= 0.3 is 0 Å². The van der Waals surface area contributed by atoms with Crippen LogP contribution in [0.1, 0.15) is 29.5 Å². The summed E-state index contributed by atoms with van der Waals surface area (Å²) in [5.41, 5.74) is 2.00. The molecule has 2 fully saturated rings. The highest BCUT2D eigenvalue weighted by atomic mass is 19.1. The maximum Gasteiger partial charge on any atom is 0.146 e. The summed E-state index contributed by atoms with van der Waals surface area (Å²) < 4.78 is 13.4. The summed E-state index contributed by atoms with van der Waals surface area (Å²) in [5, 5.41) is 18.3. The fraction of sp³-hybridized carbons (Fsp3) is 0.318. The van der Waals surface area contributed by atoms with Crippen LogP contribution in [0, 0.1) is 28.5 Å². The number of nitriles is 2. The predicted molar refractivity (Wildman–Crippen MR) is 105 cm³/mol. The average Bonchev–Trinajstić information content (AvgIpc) is 3.14. The lowest BCUT2D eigenvalue weighted by Crippen LogP contribution is -2.52. The fourth-order valence-electron chi connectivity index (χ4n) is 4.19. The molecule has 0 N–H and O–H groups in total. The molecule has 3 heterocycles. The summed E-state index contributed by atoms with van der Waals surface area (Å²) in [6, 6.07) is 13.9. The molecule has 0 aliphatic carbocycles. The van der Waals surface area contributed by atoms with Crippen molar-refractivity contribution >= 4 is 11.9 Å². The van der Waals surface area contributed by atoms with Gasteiger partial charge in [-0.3, -0.25) is 4.90 Å². The number of anilines is 1. The largest absolute Gasteiger partial charge is 0.353 e. The Morgan fingerprint density at radius 2 is 2.04 bits per heavy atom. The molecule has 1 unspecified atom stereocenters. The molecule has 0 radical (unpaired) electrons. The number of pyridine rings is 1. The molecule has 1 aromatic carbocycles. The monoisotopic (exact) mass is 373 g/mol. The summed E-state index contributed by atoms with van der Waals surface area (Å²) >= 11 is 0. The Morgan fingerprint density at radius 3 is 2.86 bits per heavy atom. The molecule has 28 heavy (non-hydrogen) atoms. The molecular formula is C22H20FN5. The van der Waals surface area contributed by atoms with Gasteiger partial charge in [-0.15, -0.1) is 0 Å². The first kappa shape index (κ1) is 18.2. The normalized spacial score (nSPS) is 22.0. The number of hydrogen-bond acceptors (Lipinski definition) is 5. The smallest absolute Gasteiger partial charge is 0.146 e. The first-order valence-electron chi connectivity index (χ1n) is 9.42. The molecule has 2 aromatic rings. The third-order valence-electron chi connectivity index (χ3n) is 5.53. The van der Waals surface area contributed by atoms with Gasteiger partial charge in [-0.25, -0.2) is 9.37 Å². The van der Waals surface area contributed by atoms with Gasteiger partial charge in [0.05, 0.1) is 23.4 Å². The molecule has 2 atom stereocenters. The lowest BCUT2D eigenvalue weighted by molar-refractivity contribution is 0.198. The zero-order valence-electron chi connectivity index (χ0n) is 15.4. The van der Waals surface area contributed by atoms with E-state index in [1.807, 2.05) is 18.2 Å². The van der Waals surface area contributed by atoms with E-state index in [1.165, 1.54) is 12.3 Å². The maximum absolute atomic E-state index is 13.4. The van der Waals surface area contributed by atoms with E-state index in [4.69, 9.17) is 5.26 Å². The van der Waals surface area contributed by atoms with Crippen molar-refractivity contribution in [1.82, 2.24) is 9.88 Å². The molecule has 2 aliphatic heterocycles. The van der Waals surface area contributed by atoms with Crippen molar-refractivity contribution in [3.8, 4) is 12.1 Å². The Kier molecular flexibility index (Phi) is 5.06. The van der Waals surface area contributed by atoms with Crippen LogP contribution in [0.4, 0.5) is 10.2 Å². The van der Waals surface area contributed by atoms with Crippen LogP contribution in [0.3, 0.4) is 0 Å². The quantitative estimate of drug-likeness (QED) is 0.826. The van der Waals surface area contributed by atoms with Crippen LogP contribution < -0.4 is 4.90 Å². The number of nitrogens with zero attached hydrogens (tertiary/aromatic N) is 5. The Morgan fingerprint density at radius 1 is 1.14 bits per heavy atom. The number of halogens is 1. The van der Waals surface area contributed by atoms with Gasteiger partial charge in [-0.05, 0) is 36.6 Å². The zero-order chi connectivity index (χ0) is 19.5. The molecule has 0 bridgehead atoms. The van der Waals surface area contributed by atoms with E-state index in [0.717, 1.165) is 38.0 Å². The number of piperazine rings is 1. The number of hydrogen-bond donors (Lipinski definition) is 0. The van der Waals surface area contributed by atoms with Gasteiger partial charge in [0.2, 0.25) is 0 Å². The van der Waals surface area contributed by atoms with Gasteiger partial charge in [0.15, 0.2) is 0 Å². The van der Waals surface area contributed by atoms with E-state index in [-0.39, 0.29) is 0 Å². The van der Waals surface area contributed by atoms with Gasteiger partial charge in [0.1, 0.15) is 17.7 Å². The van der Waals surface area contributed by atoms with E-state index in [1.54, 1.807) is 6.07 Å². The summed E-state index contributed by atoms with van der Waals surface area (Å²) in [5.74, 6) is 0.0985. The average molecular weight is 373 g/mol. The SMILES string of the molecule is N#Cc1cccc(C=CC2CC[C@H]3CN(c4ncc(F)cc4C#N)CCN23)c1. The second-order valence-corrected chi connectivity index (χ2v) is 7.22. The molecule has 0 saturated carbocycles. The minimum atomic E-state index is -0.481. The van der Waals surface area contributed by atoms with Crippen molar-refractivity contribution in [3.05, 3.63) is 65.1 Å². The highest BCUT2D eigenvalue weighted by Gasteiger charge is 2.36. The van der Waals surface area contributed by atoms with Crippen molar-refractivity contribution in [2.75, 3.05) is 24.5 Å². The number of aromatic nitrogens is 1. The molecular weight excluding hydrogens is 353 g/mol. The molecule has 140 valence electrons. The molecule has 5 nitrogen and oxygen atoms in total. The lowest BCUT2D eigenvalue weighted by atomic mass is 10.1. The Bertz CT molecular complexity index is 987. The van der Waals surface area contributed by atoms with Gasteiger partial charge in [0.25, 0.3) is 0 Å². The van der Waals surface area contributed by atoms with E-state index >= 15 is 0 Å². The Labute approximate surface area is 163 Å². The second-order valence-electron chi connectivity index (χ2n) is 7.22. The van der Waals surface area contributed by atoms with E-state index in [0.29, 0.717) is 29.0 Å². The highest BCUT2D eigenvalue weighted by Crippen LogP contribution is 2.31. The van der Waals surface area contributed by atoms with Gasteiger partial charge in [-0.2, -0.15) is 10.5 Å². The summed E-state index contributed by atoms with van der Waals surface area (Å²) in [4.78, 5) is 8.76. The molecule has 2 saturated heterocycles. The fourth-order valence-corrected chi connectivity index (χ4v) is 4.19. The first-order chi connectivity index (χ1) is 13.7. The zero-order valence-corrected chi connectivity index (χ0v) is 15.4. The molecule has 1 aromatic heterocycles. The summed E-state index contributed by atoms with van der Waals surface area (Å²) in [6.45, 7) is 2.43. The lowest BCUT2D eigenvalue weighted by Gasteiger charge is -2.40. The minimum absolute atomic E-state index is 0.292. The third kappa shape index (κ3) is 3.60. The molecule has 0 spiro atoms. The van der Waals surface area contributed by atoms with Crippen LogP contribution in [-0.2, 0) is 0 Å². The third-order valence-corrected chi connectivity index (χ3v) is 5.53. The molecule has 2 aliphatic rings. The van der Waals surface area contributed by atoms with Crippen molar-refractivity contribution in [2.45, 2.75) is 24.9 Å². The Balaban J connectivity index is 1.45. The standard InChI is InChI=1S/C22H20FN5/c23-19-11-18(13-25)22(26-14-19)27-8-9-28-20(6-7-21(28)15-27)5-4-16-2-1-3-17(10-16)12-24/h1-5,10-11,14,20-21H,6-9,15H2/t20?,21-/m0/s1. The van der Waals surface area contributed by atoms with Crippen molar-refractivity contribution < 1.29 is 4.39 Å². The molecule has 0 amide bonds. The van der Waals surface area contributed by atoms with Crippen LogP contribution in [-0.4, -0.2) is 41.6 Å². The van der Waals surface area contributed by atoms with Crippen molar-refractivity contribution in [3.63, 3.8) is 0 Å². The maximum atomic E-state index is 13.4. The molecule has 4 rings (SSSR count). The number of benzene rings is 1.